The van der Waals surface area contributed by atoms with E-state index in [1.54, 1.807) is 6.92 Å². The maximum atomic E-state index is 12.4. The molecule has 2 amide bonds. The van der Waals surface area contributed by atoms with Gasteiger partial charge in [-0.25, -0.2) is 9.97 Å². The Morgan fingerprint density at radius 3 is 1.90 bits per heavy atom. The van der Waals surface area contributed by atoms with Crippen LogP contribution in [-0.4, -0.2) is 173 Å². The molecule has 58 heavy (non-hydrogen) atoms. The van der Waals surface area contributed by atoms with Gasteiger partial charge in [-0.3, -0.25) is 25.2 Å². The van der Waals surface area contributed by atoms with Crippen molar-refractivity contribution in [2.75, 3.05) is 50.8 Å². The molecule has 0 aliphatic heterocycles. The number of guanidine groups is 1. The lowest BCUT2D eigenvalue weighted by molar-refractivity contribution is -0.127. The van der Waals surface area contributed by atoms with Crippen LogP contribution in [0.4, 0.5) is 11.6 Å². The van der Waals surface area contributed by atoms with Crippen LogP contribution in [0.15, 0.2) is 24.3 Å². The number of carbonyl (C=O) groups is 2. The van der Waals surface area contributed by atoms with E-state index in [-0.39, 0.29) is 61.0 Å². The highest BCUT2D eigenvalue weighted by atomic mass is 35.5. The topological polar surface area (TPSA) is 383 Å². The number of carbonyl (C=O) groups excluding carboxylic acids is 2. The van der Waals surface area contributed by atoms with E-state index >= 15 is 0 Å². The second-order valence-electron chi connectivity index (χ2n) is 14.0. The number of primary amides is 1. The van der Waals surface area contributed by atoms with Crippen molar-refractivity contribution < 1.29 is 55.5 Å². The minimum atomic E-state index is -1.88. The third kappa shape index (κ3) is 16.8. The lowest BCUT2D eigenvalue weighted by Gasteiger charge is -2.33. The van der Waals surface area contributed by atoms with Gasteiger partial charge >= 0.3 is 0 Å². The van der Waals surface area contributed by atoms with Crippen LogP contribution in [0.25, 0.3) is 0 Å². The van der Waals surface area contributed by atoms with E-state index < -0.39 is 73.3 Å². The Bertz CT molecular complexity index is 1540. The zero-order valence-corrected chi connectivity index (χ0v) is 33.2. The summed E-state index contributed by atoms with van der Waals surface area (Å²) in [5.41, 5.74) is 18.7. The van der Waals surface area contributed by atoms with Gasteiger partial charge in [0.15, 0.2) is 28.4 Å². The molecule has 1 heterocycles. The molecule has 21 nitrogen and oxygen atoms in total. The highest BCUT2D eigenvalue weighted by Gasteiger charge is 2.34. The van der Waals surface area contributed by atoms with Gasteiger partial charge in [0.05, 0.1) is 31.0 Å². The van der Waals surface area contributed by atoms with Crippen LogP contribution in [0.2, 0.25) is 5.15 Å². The smallest absolute Gasteiger partial charge is 0.280 e. The molecule has 0 spiro atoms. The fourth-order valence-electron chi connectivity index (χ4n) is 5.86. The molecule has 0 fully saturated rings. The Hall–Kier alpha value is -3.84. The molecule has 0 unspecified atom stereocenters. The lowest BCUT2D eigenvalue weighted by atomic mass is 10.00. The average Bonchev–Trinajstić information content (AvgIpc) is 3.19. The van der Waals surface area contributed by atoms with Crippen molar-refractivity contribution in [2.24, 2.45) is 5.73 Å². The summed E-state index contributed by atoms with van der Waals surface area (Å²) in [5, 5.41) is 107. The second kappa shape index (κ2) is 25.6. The molecule has 1 aromatic heterocycles. The molecule has 19 N–H and O–H groups in total. The van der Waals surface area contributed by atoms with Gasteiger partial charge in [0.25, 0.3) is 5.91 Å². The third-order valence-electron chi connectivity index (χ3n) is 9.45. The normalized spacial score (nSPS) is 16.4. The van der Waals surface area contributed by atoms with Crippen LogP contribution < -0.4 is 33.2 Å². The van der Waals surface area contributed by atoms with Crippen LogP contribution in [-0.2, 0) is 17.6 Å². The van der Waals surface area contributed by atoms with E-state index in [0.717, 1.165) is 24.0 Å². The number of nitrogens with two attached hydrogens (primary N) is 3. The first-order valence-electron chi connectivity index (χ1n) is 19.0. The van der Waals surface area contributed by atoms with E-state index in [1.807, 2.05) is 24.3 Å². The van der Waals surface area contributed by atoms with E-state index in [1.165, 1.54) is 4.90 Å². The number of anilines is 2. The summed E-state index contributed by atoms with van der Waals surface area (Å²) in [6.45, 7) is 0.818. The minimum absolute atomic E-state index is 0.111. The van der Waals surface area contributed by atoms with Crippen molar-refractivity contribution in [3.63, 3.8) is 0 Å². The SMILES string of the molecule is CC[C@@H](O)[C@@H](O)[C@H](O)[C@@H](O)CN(CCCN[C@@H](CCc1ccc(CCCCNC(=N)NC(=O)c2nc(Cl)c(N)nc2N)cc1)C(N)=O)C[C@H](O)[C@@H](O)[C@H](O)[C@H](O)CO. The number of aliphatic hydroxyl groups excluding tert-OH is 9. The molecule has 328 valence electrons. The highest BCUT2D eigenvalue weighted by Crippen LogP contribution is 2.17. The largest absolute Gasteiger partial charge is 0.394 e. The number of aryl methyl sites for hydroxylation is 2. The Labute approximate surface area is 341 Å². The van der Waals surface area contributed by atoms with Gasteiger partial charge in [0, 0.05) is 19.6 Å². The molecule has 22 heteroatoms. The van der Waals surface area contributed by atoms with Crippen LogP contribution >= 0.6 is 11.6 Å². The zero-order valence-electron chi connectivity index (χ0n) is 32.5. The molecule has 0 saturated carbocycles. The van der Waals surface area contributed by atoms with Gasteiger partial charge in [0.2, 0.25) is 5.91 Å². The standard InChI is InChI=1S/C36H61ClN10O11/c1-2-22(49)27(53)28(54)23(50)16-47(17-24(51)29(55)30(56)25(52)18-48)15-5-14-42-21(34(40)57)12-11-20-9-7-19(8-10-20)6-3-4-13-43-36(41)46-35(58)26-32(38)45-33(39)31(37)44-26/h7-10,21-25,27-30,42,48-56H,2-6,11-18H2,1H3,(H2,40,57)(H4,38,39,45)(H3,41,43,46,58)/t21-,22+,23-,24-,25+,27+,28+,29+,30+/m0/s1. The van der Waals surface area contributed by atoms with Crippen LogP contribution in [0.5, 0.6) is 0 Å². The molecule has 0 radical (unpaired) electrons. The number of unbranched alkanes of at least 4 members (excludes halogenated alkanes) is 1. The number of halogens is 1. The van der Waals surface area contributed by atoms with Gasteiger partial charge in [0.1, 0.15) is 30.5 Å². The fourth-order valence-corrected chi connectivity index (χ4v) is 5.99. The average molecular weight is 845 g/mol. The molecular weight excluding hydrogens is 784 g/mol. The van der Waals surface area contributed by atoms with E-state index in [4.69, 9.17) is 39.3 Å². The van der Waals surface area contributed by atoms with Crippen LogP contribution in [0.1, 0.15) is 60.6 Å². The van der Waals surface area contributed by atoms with E-state index in [0.29, 0.717) is 32.2 Å². The molecule has 1 aromatic carbocycles. The molecule has 0 aliphatic carbocycles. The van der Waals surface area contributed by atoms with E-state index in [9.17, 15) is 50.4 Å². The van der Waals surface area contributed by atoms with Gasteiger partial charge in [-0.2, -0.15) is 0 Å². The first-order chi connectivity index (χ1) is 27.4. The summed E-state index contributed by atoms with van der Waals surface area (Å²) in [6, 6.07) is 7.19. The predicted molar refractivity (Wildman–Crippen MR) is 214 cm³/mol. The Kier molecular flexibility index (Phi) is 22.2. The van der Waals surface area contributed by atoms with Crippen LogP contribution in [0, 0.1) is 5.41 Å². The molecule has 0 saturated heterocycles. The van der Waals surface area contributed by atoms with Crippen molar-refractivity contribution in [3.8, 4) is 0 Å². The minimum Gasteiger partial charge on any atom is -0.394 e. The molecule has 0 bridgehead atoms. The van der Waals surface area contributed by atoms with Crippen molar-refractivity contribution in [1.82, 2.24) is 30.8 Å². The summed E-state index contributed by atoms with van der Waals surface area (Å²) in [7, 11) is 0. The predicted octanol–water partition coefficient (Wildman–Crippen LogP) is -4.07. The monoisotopic (exact) mass is 844 g/mol. The fraction of sp³-hybridized carbons (Fsp3) is 0.639. The number of amides is 2. The summed E-state index contributed by atoms with van der Waals surface area (Å²) < 4.78 is 0. The maximum Gasteiger partial charge on any atom is 0.280 e. The van der Waals surface area contributed by atoms with Crippen molar-refractivity contribution in [1.29, 1.82) is 5.41 Å². The number of hydrogen-bond donors (Lipinski definition) is 16. The molecule has 9 atom stereocenters. The molecular formula is C36H61ClN10O11. The summed E-state index contributed by atoms with van der Waals surface area (Å²) in [5.74, 6) is -1.89. The number of nitrogens with one attached hydrogen (secondary N) is 4. The Morgan fingerprint density at radius 1 is 0.793 bits per heavy atom. The van der Waals surface area contributed by atoms with Gasteiger partial charge < -0.3 is 73.8 Å². The maximum absolute atomic E-state index is 12.4. The quantitative estimate of drug-likeness (QED) is 0.0231. The van der Waals surface area contributed by atoms with Gasteiger partial charge in [-0.1, -0.05) is 42.8 Å². The number of aromatic nitrogens is 2. The van der Waals surface area contributed by atoms with Gasteiger partial charge in [-0.05, 0) is 69.2 Å². The molecule has 2 aromatic rings. The lowest BCUT2D eigenvalue weighted by Crippen LogP contribution is -2.53. The number of hydrogen-bond acceptors (Lipinski definition) is 18. The van der Waals surface area contributed by atoms with Crippen molar-refractivity contribution in [2.45, 2.75) is 107 Å². The number of nitrogen functional groups attached to an aromatic ring is 2. The summed E-state index contributed by atoms with van der Waals surface area (Å²) in [4.78, 5) is 33.6. The zero-order chi connectivity index (χ0) is 43.5. The number of aliphatic hydroxyl groups is 9. The summed E-state index contributed by atoms with van der Waals surface area (Å²) in [6.07, 6.45) is -9.84. The van der Waals surface area contributed by atoms with E-state index in [2.05, 4.69) is 25.9 Å². The number of nitrogens with zero attached hydrogens (tertiary/aromatic N) is 3. The summed E-state index contributed by atoms with van der Waals surface area (Å²) >= 11 is 5.81. The van der Waals surface area contributed by atoms with Crippen LogP contribution in [0.3, 0.4) is 0 Å². The third-order valence-corrected chi connectivity index (χ3v) is 9.73. The van der Waals surface area contributed by atoms with Crippen molar-refractivity contribution >= 4 is 41.0 Å². The Morgan fingerprint density at radius 2 is 1.34 bits per heavy atom. The number of rotatable bonds is 27. The Balaban J connectivity index is 1.83. The second-order valence-corrected chi connectivity index (χ2v) is 14.4. The van der Waals surface area contributed by atoms with Crippen molar-refractivity contribution in [3.05, 3.63) is 46.2 Å². The first-order valence-corrected chi connectivity index (χ1v) is 19.4. The van der Waals surface area contributed by atoms with Gasteiger partial charge in [-0.15, -0.1) is 0 Å². The number of benzene rings is 1. The highest BCUT2D eigenvalue weighted by molar-refractivity contribution is 6.31. The molecule has 2 rings (SSSR count). The molecule has 0 aliphatic rings. The first kappa shape index (κ1) is 50.3.